The van der Waals surface area contributed by atoms with E-state index < -0.39 is 0 Å². The van der Waals surface area contributed by atoms with Gasteiger partial charge >= 0.3 is 0 Å². The van der Waals surface area contributed by atoms with Crippen LogP contribution in [0.5, 0.6) is 0 Å². The van der Waals surface area contributed by atoms with E-state index >= 15 is 0 Å². The van der Waals surface area contributed by atoms with E-state index in [9.17, 15) is 4.79 Å². The summed E-state index contributed by atoms with van der Waals surface area (Å²) in [6, 6.07) is 14.3. The summed E-state index contributed by atoms with van der Waals surface area (Å²) in [4.78, 5) is 15.8. The third-order valence-electron chi connectivity index (χ3n) is 4.17. The van der Waals surface area contributed by atoms with Gasteiger partial charge in [0.05, 0.1) is 19.2 Å². The highest BCUT2D eigenvalue weighted by atomic mass is 32.1. The molecule has 1 saturated heterocycles. The van der Waals surface area contributed by atoms with Crippen LogP contribution in [0.3, 0.4) is 0 Å². The third-order valence-corrected chi connectivity index (χ3v) is 5.03. The standard InChI is InChI=1S/C19H24N2O2S/c22-19(13-20-12-17-8-4-10-23-17)21(15-18-9-5-11-24-18)14-16-6-2-1-3-7-16/h1-3,5-7,9,11,17,20H,4,8,10,12-15H2/t17-/m1/s1. The lowest BCUT2D eigenvalue weighted by molar-refractivity contribution is -0.131. The van der Waals surface area contributed by atoms with Crippen LogP contribution in [-0.2, 0) is 22.6 Å². The van der Waals surface area contributed by atoms with Gasteiger partial charge in [0.2, 0.25) is 5.91 Å². The predicted molar refractivity (Wildman–Crippen MR) is 96.9 cm³/mol. The monoisotopic (exact) mass is 344 g/mol. The number of carbonyl (C=O) groups is 1. The molecule has 0 bridgehead atoms. The summed E-state index contributed by atoms with van der Waals surface area (Å²) >= 11 is 1.69. The Morgan fingerprint density at radius 3 is 2.79 bits per heavy atom. The van der Waals surface area contributed by atoms with E-state index in [1.54, 1.807) is 11.3 Å². The van der Waals surface area contributed by atoms with Gasteiger partial charge in [0.25, 0.3) is 0 Å². The first-order valence-corrected chi connectivity index (χ1v) is 9.35. The molecule has 0 spiro atoms. The number of amides is 1. The second-order valence-electron chi connectivity index (χ2n) is 6.08. The van der Waals surface area contributed by atoms with E-state index in [2.05, 4.69) is 28.9 Å². The number of thiophene rings is 1. The molecule has 1 amide bonds. The maximum atomic E-state index is 12.7. The lowest BCUT2D eigenvalue weighted by Crippen LogP contribution is -2.39. The molecule has 1 fully saturated rings. The van der Waals surface area contributed by atoms with E-state index in [1.165, 1.54) is 4.88 Å². The summed E-state index contributed by atoms with van der Waals surface area (Å²) in [6.07, 6.45) is 2.47. The fraction of sp³-hybridized carbons (Fsp3) is 0.421. The van der Waals surface area contributed by atoms with Crippen molar-refractivity contribution in [1.82, 2.24) is 10.2 Å². The minimum absolute atomic E-state index is 0.130. The van der Waals surface area contributed by atoms with Gasteiger partial charge in [-0.05, 0) is 29.9 Å². The molecule has 1 aliphatic heterocycles. The molecule has 0 aliphatic carbocycles. The Labute approximate surface area is 147 Å². The second-order valence-corrected chi connectivity index (χ2v) is 7.11. The van der Waals surface area contributed by atoms with E-state index in [1.807, 2.05) is 29.2 Å². The average Bonchev–Trinajstić information content (AvgIpc) is 3.29. The van der Waals surface area contributed by atoms with Gasteiger partial charge in [-0.15, -0.1) is 11.3 Å². The van der Waals surface area contributed by atoms with E-state index in [4.69, 9.17) is 4.74 Å². The molecule has 1 N–H and O–H groups in total. The van der Waals surface area contributed by atoms with Crippen molar-refractivity contribution in [2.75, 3.05) is 19.7 Å². The van der Waals surface area contributed by atoms with Crippen molar-refractivity contribution < 1.29 is 9.53 Å². The molecule has 0 radical (unpaired) electrons. The van der Waals surface area contributed by atoms with Crippen LogP contribution in [0.25, 0.3) is 0 Å². The minimum Gasteiger partial charge on any atom is -0.377 e. The Hall–Kier alpha value is -1.69. The summed E-state index contributed by atoms with van der Waals surface area (Å²) in [6.45, 7) is 3.26. The molecule has 1 atom stereocenters. The summed E-state index contributed by atoms with van der Waals surface area (Å²) in [7, 11) is 0. The normalized spacial score (nSPS) is 17.1. The van der Waals surface area contributed by atoms with Crippen LogP contribution < -0.4 is 5.32 Å². The molecule has 5 heteroatoms. The summed E-state index contributed by atoms with van der Waals surface area (Å²) in [5.41, 5.74) is 1.15. The van der Waals surface area contributed by atoms with Gasteiger partial charge in [0.15, 0.2) is 0 Å². The van der Waals surface area contributed by atoms with Crippen LogP contribution in [0.1, 0.15) is 23.3 Å². The minimum atomic E-state index is 0.130. The quantitative estimate of drug-likeness (QED) is 0.800. The van der Waals surface area contributed by atoms with Gasteiger partial charge in [-0.1, -0.05) is 36.4 Å². The molecule has 2 aromatic rings. The van der Waals surface area contributed by atoms with Gasteiger partial charge in [-0.2, -0.15) is 0 Å². The Balaban J connectivity index is 1.56. The lowest BCUT2D eigenvalue weighted by atomic mass is 10.2. The molecule has 0 unspecified atom stereocenters. The fourth-order valence-electron chi connectivity index (χ4n) is 2.88. The Kier molecular flexibility index (Phi) is 6.41. The first-order chi connectivity index (χ1) is 11.8. The molecular weight excluding hydrogens is 320 g/mol. The van der Waals surface area contributed by atoms with E-state index in [-0.39, 0.29) is 12.0 Å². The smallest absolute Gasteiger partial charge is 0.237 e. The Morgan fingerprint density at radius 1 is 1.21 bits per heavy atom. The zero-order chi connectivity index (χ0) is 16.6. The molecule has 2 heterocycles. The summed E-state index contributed by atoms with van der Waals surface area (Å²) in [5.74, 6) is 0.130. The molecule has 128 valence electrons. The van der Waals surface area contributed by atoms with Crippen molar-refractivity contribution in [3.63, 3.8) is 0 Å². The molecule has 3 rings (SSSR count). The van der Waals surface area contributed by atoms with Gasteiger partial charge in [-0.3, -0.25) is 4.79 Å². The van der Waals surface area contributed by atoms with Crippen molar-refractivity contribution in [2.45, 2.75) is 32.0 Å². The van der Waals surface area contributed by atoms with Crippen LogP contribution in [0.2, 0.25) is 0 Å². The van der Waals surface area contributed by atoms with Crippen molar-refractivity contribution in [3.05, 3.63) is 58.3 Å². The van der Waals surface area contributed by atoms with Crippen LogP contribution in [0.15, 0.2) is 47.8 Å². The maximum Gasteiger partial charge on any atom is 0.237 e. The van der Waals surface area contributed by atoms with Crippen molar-refractivity contribution in [3.8, 4) is 0 Å². The SMILES string of the molecule is O=C(CNC[C@H]1CCCO1)N(Cc1ccccc1)Cc1cccs1. The summed E-state index contributed by atoms with van der Waals surface area (Å²) in [5, 5.41) is 5.31. The van der Waals surface area contributed by atoms with Gasteiger partial charge < -0.3 is 15.0 Å². The lowest BCUT2D eigenvalue weighted by Gasteiger charge is -2.23. The van der Waals surface area contributed by atoms with Gasteiger partial charge in [0, 0.05) is 24.6 Å². The van der Waals surface area contributed by atoms with Crippen LogP contribution in [-0.4, -0.2) is 36.6 Å². The van der Waals surface area contributed by atoms with Crippen molar-refractivity contribution in [1.29, 1.82) is 0 Å². The predicted octanol–water partition coefficient (Wildman–Crippen LogP) is 3.05. The highest BCUT2D eigenvalue weighted by molar-refractivity contribution is 7.09. The first kappa shape index (κ1) is 17.1. The van der Waals surface area contributed by atoms with Crippen LogP contribution in [0, 0.1) is 0 Å². The highest BCUT2D eigenvalue weighted by Gasteiger charge is 2.18. The fourth-order valence-corrected chi connectivity index (χ4v) is 3.60. The topological polar surface area (TPSA) is 41.6 Å². The maximum absolute atomic E-state index is 12.7. The zero-order valence-corrected chi connectivity index (χ0v) is 14.6. The number of rotatable bonds is 8. The molecule has 1 aliphatic rings. The number of nitrogens with zero attached hydrogens (tertiary/aromatic N) is 1. The van der Waals surface area contributed by atoms with Crippen molar-refractivity contribution >= 4 is 17.2 Å². The molecule has 4 nitrogen and oxygen atoms in total. The summed E-state index contributed by atoms with van der Waals surface area (Å²) < 4.78 is 5.59. The Bertz CT molecular complexity index is 610. The molecular formula is C19H24N2O2S. The third kappa shape index (κ3) is 5.16. The number of hydrogen-bond donors (Lipinski definition) is 1. The van der Waals surface area contributed by atoms with E-state index in [0.29, 0.717) is 19.6 Å². The van der Waals surface area contributed by atoms with Crippen LogP contribution in [0.4, 0.5) is 0 Å². The highest BCUT2D eigenvalue weighted by Crippen LogP contribution is 2.15. The van der Waals surface area contributed by atoms with Crippen LogP contribution >= 0.6 is 11.3 Å². The molecule has 1 aromatic carbocycles. The second kappa shape index (κ2) is 8.97. The Morgan fingerprint density at radius 2 is 2.08 bits per heavy atom. The van der Waals surface area contributed by atoms with Gasteiger partial charge in [-0.25, -0.2) is 0 Å². The first-order valence-electron chi connectivity index (χ1n) is 8.47. The average molecular weight is 344 g/mol. The number of hydrogen-bond acceptors (Lipinski definition) is 4. The zero-order valence-electron chi connectivity index (χ0n) is 13.8. The largest absolute Gasteiger partial charge is 0.377 e. The number of ether oxygens (including phenoxy) is 1. The van der Waals surface area contributed by atoms with Gasteiger partial charge in [0.1, 0.15) is 0 Å². The molecule has 0 saturated carbocycles. The number of nitrogens with one attached hydrogen (secondary N) is 1. The van der Waals surface area contributed by atoms with E-state index in [0.717, 1.165) is 31.6 Å². The molecule has 24 heavy (non-hydrogen) atoms. The molecule has 1 aromatic heterocycles. The van der Waals surface area contributed by atoms with Crippen molar-refractivity contribution in [2.24, 2.45) is 0 Å². The number of carbonyl (C=O) groups excluding carboxylic acids is 1. The number of benzene rings is 1.